The van der Waals surface area contributed by atoms with E-state index in [9.17, 15) is 22.4 Å². The number of sulfonamides is 1. The molecule has 27 heavy (non-hydrogen) atoms. The standard InChI is InChI=1S/C16H14ClFN2O6S/c1-25-14-5-2-9(17)6-13(14)20-15(21)8-26-16(22)11-7-10(27(19,23)24)3-4-12(11)18/h2-7H,8H2,1H3,(H,20,21)(H2,19,23,24). The zero-order valence-electron chi connectivity index (χ0n) is 13.9. The van der Waals surface area contributed by atoms with E-state index in [0.717, 1.165) is 18.2 Å². The predicted molar refractivity (Wildman–Crippen MR) is 94.7 cm³/mol. The van der Waals surface area contributed by atoms with Gasteiger partial charge in [0, 0.05) is 5.02 Å². The molecule has 0 aromatic heterocycles. The number of nitrogens with two attached hydrogens (primary N) is 1. The Kier molecular flexibility index (Phi) is 6.37. The van der Waals surface area contributed by atoms with Gasteiger partial charge in [-0.1, -0.05) is 11.6 Å². The highest BCUT2D eigenvalue weighted by molar-refractivity contribution is 7.89. The van der Waals surface area contributed by atoms with E-state index in [1.54, 1.807) is 6.07 Å². The molecule has 2 rings (SSSR count). The Hall–Kier alpha value is -2.69. The van der Waals surface area contributed by atoms with Crippen molar-refractivity contribution < 1.29 is 31.9 Å². The zero-order valence-corrected chi connectivity index (χ0v) is 15.4. The van der Waals surface area contributed by atoms with Crippen molar-refractivity contribution in [3.63, 3.8) is 0 Å². The van der Waals surface area contributed by atoms with Gasteiger partial charge in [0.2, 0.25) is 10.0 Å². The third-order valence-corrected chi connectivity index (χ3v) is 4.40. The van der Waals surface area contributed by atoms with E-state index >= 15 is 0 Å². The minimum Gasteiger partial charge on any atom is -0.495 e. The number of halogens is 2. The number of amides is 1. The normalized spacial score (nSPS) is 11.0. The quantitative estimate of drug-likeness (QED) is 0.693. The fraction of sp³-hybridized carbons (Fsp3) is 0.125. The van der Waals surface area contributed by atoms with Crippen molar-refractivity contribution in [2.24, 2.45) is 5.14 Å². The second-order valence-electron chi connectivity index (χ2n) is 5.16. The van der Waals surface area contributed by atoms with Gasteiger partial charge in [-0.25, -0.2) is 22.7 Å². The molecule has 0 radical (unpaired) electrons. The first-order valence-corrected chi connectivity index (χ1v) is 9.17. The first-order chi connectivity index (χ1) is 12.6. The van der Waals surface area contributed by atoms with Gasteiger partial charge in [0.1, 0.15) is 11.6 Å². The van der Waals surface area contributed by atoms with Crippen molar-refractivity contribution in [3.05, 3.63) is 52.8 Å². The summed E-state index contributed by atoms with van der Waals surface area (Å²) in [4.78, 5) is 23.4. The van der Waals surface area contributed by atoms with E-state index in [1.807, 2.05) is 0 Å². The molecule has 0 aliphatic rings. The van der Waals surface area contributed by atoms with Gasteiger partial charge >= 0.3 is 5.97 Å². The van der Waals surface area contributed by atoms with Crippen LogP contribution in [0.5, 0.6) is 5.75 Å². The van der Waals surface area contributed by atoms with Crippen LogP contribution in [0.15, 0.2) is 41.3 Å². The Morgan fingerprint density at radius 1 is 1.22 bits per heavy atom. The molecule has 0 heterocycles. The number of primary sulfonamides is 1. The Bertz CT molecular complexity index is 996. The molecule has 144 valence electrons. The van der Waals surface area contributed by atoms with Crippen LogP contribution in [-0.4, -0.2) is 34.0 Å². The van der Waals surface area contributed by atoms with Crippen molar-refractivity contribution in [2.45, 2.75) is 4.90 Å². The maximum atomic E-state index is 13.8. The lowest BCUT2D eigenvalue weighted by Crippen LogP contribution is -2.22. The van der Waals surface area contributed by atoms with E-state index in [-0.39, 0.29) is 5.69 Å². The van der Waals surface area contributed by atoms with Gasteiger partial charge in [-0.05, 0) is 36.4 Å². The average molecular weight is 417 g/mol. The molecule has 0 bridgehead atoms. The molecule has 0 aliphatic heterocycles. The smallest absolute Gasteiger partial charge is 0.341 e. The Balaban J connectivity index is 2.08. The van der Waals surface area contributed by atoms with Crippen molar-refractivity contribution in [3.8, 4) is 5.75 Å². The molecule has 0 atom stereocenters. The average Bonchev–Trinajstić information content (AvgIpc) is 2.59. The van der Waals surface area contributed by atoms with Crippen LogP contribution in [0, 0.1) is 5.82 Å². The highest BCUT2D eigenvalue weighted by atomic mass is 35.5. The number of hydrogen-bond acceptors (Lipinski definition) is 6. The van der Waals surface area contributed by atoms with Crippen molar-refractivity contribution in [1.29, 1.82) is 0 Å². The number of ether oxygens (including phenoxy) is 2. The first kappa shape index (κ1) is 20.6. The number of carbonyl (C=O) groups is 2. The van der Waals surface area contributed by atoms with Gasteiger partial charge in [0.05, 0.1) is 23.3 Å². The molecular formula is C16H14ClFN2O6S. The van der Waals surface area contributed by atoms with Crippen LogP contribution >= 0.6 is 11.6 Å². The van der Waals surface area contributed by atoms with E-state index in [1.165, 1.54) is 19.2 Å². The van der Waals surface area contributed by atoms with E-state index in [2.05, 4.69) is 5.32 Å². The summed E-state index contributed by atoms with van der Waals surface area (Å²) in [6.45, 7) is -0.756. The lowest BCUT2D eigenvalue weighted by atomic mass is 10.2. The number of nitrogens with one attached hydrogen (secondary N) is 1. The summed E-state index contributed by atoms with van der Waals surface area (Å²) in [5, 5.41) is 7.70. The Labute approximate surface area is 159 Å². The van der Waals surface area contributed by atoms with Crippen LogP contribution < -0.4 is 15.2 Å². The Morgan fingerprint density at radius 2 is 1.93 bits per heavy atom. The maximum absolute atomic E-state index is 13.8. The fourth-order valence-corrected chi connectivity index (χ4v) is 2.72. The van der Waals surface area contributed by atoms with Crippen LogP contribution in [-0.2, 0) is 19.6 Å². The van der Waals surface area contributed by atoms with Gasteiger partial charge in [0.25, 0.3) is 5.91 Å². The highest BCUT2D eigenvalue weighted by Gasteiger charge is 2.19. The number of rotatable bonds is 6. The second-order valence-corrected chi connectivity index (χ2v) is 7.15. The fourth-order valence-electron chi connectivity index (χ4n) is 2.01. The van der Waals surface area contributed by atoms with Gasteiger partial charge in [-0.2, -0.15) is 0 Å². The molecular weight excluding hydrogens is 403 g/mol. The van der Waals surface area contributed by atoms with Gasteiger partial charge in [0.15, 0.2) is 6.61 Å². The number of methoxy groups -OCH3 is 1. The summed E-state index contributed by atoms with van der Waals surface area (Å²) in [5.74, 6) is -2.67. The zero-order chi connectivity index (χ0) is 20.2. The minimum absolute atomic E-state index is 0.244. The molecule has 1 amide bonds. The third kappa shape index (κ3) is 5.39. The summed E-state index contributed by atoms with van der Waals surface area (Å²) in [6.07, 6.45) is 0. The molecule has 8 nitrogen and oxygen atoms in total. The molecule has 3 N–H and O–H groups in total. The lowest BCUT2D eigenvalue weighted by molar-refractivity contribution is -0.119. The van der Waals surface area contributed by atoms with E-state index in [4.69, 9.17) is 26.2 Å². The van der Waals surface area contributed by atoms with Crippen LogP contribution in [0.25, 0.3) is 0 Å². The third-order valence-electron chi connectivity index (χ3n) is 3.26. The number of benzene rings is 2. The molecule has 2 aromatic carbocycles. The summed E-state index contributed by atoms with van der Waals surface area (Å²) in [5.41, 5.74) is -0.428. The number of hydrogen-bond donors (Lipinski definition) is 2. The highest BCUT2D eigenvalue weighted by Crippen LogP contribution is 2.27. The van der Waals surface area contributed by atoms with Gasteiger partial charge < -0.3 is 14.8 Å². The largest absolute Gasteiger partial charge is 0.495 e. The molecule has 0 spiro atoms. The first-order valence-electron chi connectivity index (χ1n) is 7.24. The number of anilines is 1. The SMILES string of the molecule is COc1ccc(Cl)cc1NC(=O)COC(=O)c1cc(S(N)(=O)=O)ccc1F. The van der Waals surface area contributed by atoms with Crippen molar-refractivity contribution in [1.82, 2.24) is 0 Å². The molecule has 0 saturated carbocycles. The molecule has 0 fully saturated rings. The number of carbonyl (C=O) groups excluding carboxylic acids is 2. The summed E-state index contributed by atoms with van der Waals surface area (Å²) >= 11 is 5.84. The van der Waals surface area contributed by atoms with Gasteiger partial charge in [-0.15, -0.1) is 0 Å². The molecule has 11 heteroatoms. The van der Waals surface area contributed by atoms with Crippen molar-refractivity contribution >= 4 is 39.2 Å². The topological polar surface area (TPSA) is 125 Å². The van der Waals surface area contributed by atoms with Crippen molar-refractivity contribution in [2.75, 3.05) is 19.0 Å². The Morgan fingerprint density at radius 3 is 2.56 bits per heavy atom. The molecule has 0 unspecified atom stereocenters. The van der Waals surface area contributed by atoms with Crippen LogP contribution in [0.2, 0.25) is 5.02 Å². The minimum atomic E-state index is -4.14. The van der Waals surface area contributed by atoms with Crippen LogP contribution in [0.1, 0.15) is 10.4 Å². The van der Waals surface area contributed by atoms with E-state index < -0.39 is 44.8 Å². The van der Waals surface area contributed by atoms with Gasteiger partial charge in [-0.3, -0.25) is 4.79 Å². The second kappa shape index (κ2) is 8.33. The van der Waals surface area contributed by atoms with E-state index in [0.29, 0.717) is 10.8 Å². The summed E-state index contributed by atoms with van der Waals surface area (Å²) in [7, 11) is -2.75. The van der Waals surface area contributed by atoms with Crippen LogP contribution in [0.3, 0.4) is 0 Å². The summed E-state index contributed by atoms with van der Waals surface area (Å²) < 4.78 is 46.1. The predicted octanol–water partition coefficient (Wildman–Crippen LogP) is 1.93. The molecule has 2 aromatic rings. The monoisotopic (exact) mass is 416 g/mol. The molecule has 0 aliphatic carbocycles. The number of esters is 1. The summed E-state index contributed by atoms with van der Waals surface area (Å²) in [6, 6.07) is 6.89. The van der Waals surface area contributed by atoms with Crippen LogP contribution in [0.4, 0.5) is 10.1 Å². The maximum Gasteiger partial charge on any atom is 0.341 e. The molecule has 0 saturated heterocycles. The lowest BCUT2D eigenvalue weighted by Gasteiger charge is -2.11.